The van der Waals surface area contributed by atoms with Crippen LogP contribution in [0.1, 0.15) is 68.7 Å². The Morgan fingerprint density at radius 2 is 0.800 bits per heavy atom. The fourth-order valence-electron chi connectivity index (χ4n) is 5.69. The standard InChI is InChI=1S/C36H26F2O2/c1-21(23-11-15-25(37)16-12-23)31-19-33(27-7-3-5-9-29(27)35(31)39)34-20-32(22(2)24-13-17-26(38)18-14-24)36(40)30-10-6-4-8-28(30)34/h3-22H,1-2H3/b34-33+. The molecule has 2 atom stereocenters. The summed E-state index contributed by atoms with van der Waals surface area (Å²) in [5, 5.41) is 0. The number of hydrogen-bond donors (Lipinski definition) is 0. The van der Waals surface area contributed by atoms with Gasteiger partial charge in [0.05, 0.1) is 0 Å². The summed E-state index contributed by atoms with van der Waals surface area (Å²) in [5.74, 6) is -1.35. The maximum atomic E-state index is 13.7. The number of allylic oxidation sites excluding steroid dienone is 6. The first kappa shape index (κ1) is 25.6. The highest BCUT2D eigenvalue weighted by molar-refractivity contribution is 6.23. The SMILES string of the molecule is CC(C1=C/C(=C2/C=C(C(C)c3ccc(F)cc3)C(=O)c3ccccc32)c2ccccc2C1=O)c1ccc(F)cc1. The second kappa shape index (κ2) is 10.1. The van der Waals surface area contributed by atoms with Crippen LogP contribution in [-0.4, -0.2) is 11.6 Å². The Hall–Kier alpha value is -4.70. The predicted octanol–water partition coefficient (Wildman–Crippen LogP) is 8.73. The summed E-state index contributed by atoms with van der Waals surface area (Å²) in [6.07, 6.45) is 3.86. The van der Waals surface area contributed by atoms with Crippen molar-refractivity contribution >= 4 is 22.7 Å². The van der Waals surface area contributed by atoms with Crippen molar-refractivity contribution in [2.24, 2.45) is 0 Å². The van der Waals surface area contributed by atoms with Crippen LogP contribution < -0.4 is 0 Å². The van der Waals surface area contributed by atoms with Gasteiger partial charge in [-0.25, -0.2) is 8.78 Å². The third kappa shape index (κ3) is 4.36. The minimum absolute atomic E-state index is 0.0687. The van der Waals surface area contributed by atoms with Gasteiger partial charge < -0.3 is 0 Å². The van der Waals surface area contributed by atoms with E-state index >= 15 is 0 Å². The van der Waals surface area contributed by atoms with Crippen molar-refractivity contribution in [2.75, 3.05) is 0 Å². The number of carbonyl (C=O) groups is 2. The molecular weight excluding hydrogens is 502 g/mol. The molecule has 2 aliphatic rings. The van der Waals surface area contributed by atoms with Gasteiger partial charge >= 0.3 is 0 Å². The van der Waals surface area contributed by atoms with Crippen molar-refractivity contribution < 1.29 is 18.4 Å². The predicted molar refractivity (Wildman–Crippen MR) is 154 cm³/mol. The summed E-state index contributed by atoms with van der Waals surface area (Å²) in [5.41, 5.74) is 7.35. The molecule has 0 aliphatic heterocycles. The molecule has 0 N–H and O–H groups in total. The second-order valence-corrected chi connectivity index (χ2v) is 10.3. The van der Waals surface area contributed by atoms with Crippen molar-refractivity contribution in [1.29, 1.82) is 0 Å². The number of Topliss-reactive ketones (excluding diaryl/α,β-unsaturated/α-hetero) is 2. The highest BCUT2D eigenvalue weighted by atomic mass is 19.1. The molecule has 0 fully saturated rings. The van der Waals surface area contributed by atoms with Crippen LogP contribution in [0.3, 0.4) is 0 Å². The van der Waals surface area contributed by atoms with Crippen LogP contribution in [0.5, 0.6) is 0 Å². The number of fused-ring (bicyclic) bond motifs is 2. The van der Waals surface area contributed by atoms with E-state index in [0.29, 0.717) is 22.3 Å². The molecule has 4 aromatic rings. The third-order valence-electron chi connectivity index (χ3n) is 8.01. The van der Waals surface area contributed by atoms with Crippen molar-refractivity contribution in [2.45, 2.75) is 25.7 Å². The number of hydrogen-bond acceptors (Lipinski definition) is 2. The molecule has 2 unspecified atom stereocenters. The lowest BCUT2D eigenvalue weighted by Crippen LogP contribution is -2.19. The highest BCUT2D eigenvalue weighted by Gasteiger charge is 2.32. The number of benzene rings is 4. The molecule has 6 rings (SSSR count). The molecule has 0 bridgehead atoms. The normalized spacial score (nSPS) is 17.9. The molecule has 0 radical (unpaired) electrons. The first-order valence-corrected chi connectivity index (χ1v) is 13.3. The smallest absolute Gasteiger partial charge is 0.190 e. The topological polar surface area (TPSA) is 34.1 Å². The summed E-state index contributed by atoms with van der Waals surface area (Å²) in [4.78, 5) is 27.5. The molecule has 196 valence electrons. The van der Waals surface area contributed by atoms with Crippen LogP contribution in [0.25, 0.3) is 11.1 Å². The molecule has 4 heteroatoms. The molecule has 0 amide bonds. The van der Waals surface area contributed by atoms with E-state index in [4.69, 9.17) is 0 Å². The summed E-state index contributed by atoms with van der Waals surface area (Å²) in [7, 11) is 0. The zero-order valence-corrected chi connectivity index (χ0v) is 22.1. The molecule has 0 saturated heterocycles. The number of rotatable bonds is 4. The van der Waals surface area contributed by atoms with Gasteiger partial charge in [-0.2, -0.15) is 0 Å². The monoisotopic (exact) mass is 528 g/mol. The molecule has 0 spiro atoms. The van der Waals surface area contributed by atoms with Crippen LogP contribution in [0.4, 0.5) is 8.78 Å². The van der Waals surface area contributed by atoms with Gasteiger partial charge in [0.2, 0.25) is 0 Å². The second-order valence-electron chi connectivity index (χ2n) is 10.3. The Morgan fingerprint density at radius 1 is 0.475 bits per heavy atom. The van der Waals surface area contributed by atoms with Gasteiger partial charge in [-0.15, -0.1) is 0 Å². The fraction of sp³-hybridized carbons (Fsp3) is 0.111. The van der Waals surface area contributed by atoms with E-state index in [1.165, 1.54) is 24.3 Å². The van der Waals surface area contributed by atoms with Crippen LogP contribution in [0, 0.1) is 11.6 Å². The van der Waals surface area contributed by atoms with Gasteiger partial charge in [-0.05, 0) is 69.8 Å². The first-order valence-electron chi connectivity index (χ1n) is 13.3. The number of halogens is 2. The molecule has 2 nitrogen and oxygen atoms in total. The Kier molecular flexibility index (Phi) is 6.47. The number of ketones is 2. The first-order chi connectivity index (χ1) is 19.3. The van der Waals surface area contributed by atoms with Crippen LogP contribution in [-0.2, 0) is 0 Å². The summed E-state index contributed by atoms with van der Waals surface area (Å²) in [6, 6.07) is 27.5. The fourth-order valence-corrected chi connectivity index (χ4v) is 5.69. The lowest BCUT2D eigenvalue weighted by Gasteiger charge is -2.28. The summed E-state index contributed by atoms with van der Waals surface area (Å²) < 4.78 is 27.3. The highest BCUT2D eigenvalue weighted by Crippen LogP contribution is 2.44. The molecule has 4 aromatic carbocycles. The molecular formula is C36H26F2O2. The van der Waals surface area contributed by atoms with Gasteiger partial charge in [0.15, 0.2) is 11.6 Å². The van der Waals surface area contributed by atoms with E-state index in [0.717, 1.165) is 33.4 Å². The average molecular weight is 529 g/mol. The third-order valence-corrected chi connectivity index (χ3v) is 8.01. The van der Waals surface area contributed by atoms with Gasteiger partial charge in [0, 0.05) is 34.1 Å². The summed E-state index contributed by atoms with van der Waals surface area (Å²) in [6.45, 7) is 3.90. The zero-order valence-electron chi connectivity index (χ0n) is 22.1. The zero-order chi connectivity index (χ0) is 28.0. The molecule has 40 heavy (non-hydrogen) atoms. The lowest BCUT2D eigenvalue weighted by atomic mass is 9.74. The van der Waals surface area contributed by atoms with Crippen molar-refractivity contribution in [3.63, 3.8) is 0 Å². The maximum Gasteiger partial charge on any atom is 0.190 e. The Labute approximate surface area is 232 Å². The van der Waals surface area contributed by atoms with E-state index in [1.807, 2.05) is 74.5 Å². The van der Waals surface area contributed by atoms with Crippen LogP contribution in [0.2, 0.25) is 0 Å². The van der Waals surface area contributed by atoms with Crippen molar-refractivity contribution in [3.05, 3.63) is 165 Å². The van der Waals surface area contributed by atoms with E-state index in [1.54, 1.807) is 24.3 Å². The largest absolute Gasteiger partial charge is 0.289 e. The van der Waals surface area contributed by atoms with Crippen LogP contribution in [0.15, 0.2) is 120 Å². The van der Waals surface area contributed by atoms with E-state index in [9.17, 15) is 18.4 Å². The minimum Gasteiger partial charge on any atom is -0.289 e. The van der Waals surface area contributed by atoms with Crippen molar-refractivity contribution in [3.8, 4) is 0 Å². The Balaban J connectivity index is 1.59. The average Bonchev–Trinajstić information content (AvgIpc) is 2.98. The van der Waals surface area contributed by atoms with E-state index in [2.05, 4.69) is 0 Å². The van der Waals surface area contributed by atoms with Gasteiger partial charge in [0.25, 0.3) is 0 Å². The molecule has 0 saturated carbocycles. The maximum absolute atomic E-state index is 13.7. The Morgan fingerprint density at radius 3 is 1.15 bits per heavy atom. The summed E-state index contributed by atoms with van der Waals surface area (Å²) >= 11 is 0. The van der Waals surface area contributed by atoms with Crippen molar-refractivity contribution in [1.82, 2.24) is 0 Å². The molecule has 2 aliphatic carbocycles. The van der Waals surface area contributed by atoms with E-state index in [-0.39, 0.29) is 35.0 Å². The molecule has 0 aromatic heterocycles. The van der Waals surface area contributed by atoms with Gasteiger partial charge in [-0.1, -0.05) is 86.6 Å². The minimum atomic E-state index is -0.329. The molecule has 0 heterocycles. The Bertz CT molecular complexity index is 1620. The number of carbonyl (C=O) groups excluding carboxylic acids is 2. The lowest BCUT2D eigenvalue weighted by molar-refractivity contribution is 0.101. The van der Waals surface area contributed by atoms with Gasteiger partial charge in [0.1, 0.15) is 11.6 Å². The quantitative estimate of drug-likeness (QED) is 0.265. The van der Waals surface area contributed by atoms with Crippen LogP contribution >= 0.6 is 0 Å². The van der Waals surface area contributed by atoms with Gasteiger partial charge in [-0.3, -0.25) is 9.59 Å². The van der Waals surface area contributed by atoms with E-state index < -0.39 is 0 Å².